The molecule has 3 aromatic rings. The molecule has 0 aromatic heterocycles. The summed E-state index contributed by atoms with van der Waals surface area (Å²) in [4.78, 5) is 0. The van der Waals surface area contributed by atoms with Gasteiger partial charge in [-0.25, -0.2) is 0 Å². The lowest BCUT2D eigenvalue weighted by atomic mass is 9.83. The summed E-state index contributed by atoms with van der Waals surface area (Å²) in [7, 11) is -5.14. The molecule has 0 spiro atoms. The number of hydrogen-bond acceptors (Lipinski definition) is 4. The molecule has 0 amide bonds. The zero-order chi connectivity index (χ0) is 21.6. The smallest absolute Gasteiger partial charge is 0.283 e. The lowest BCUT2D eigenvalue weighted by molar-refractivity contribution is 0.439. The van der Waals surface area contributed by atoms with Gasteiger partial charge in [0.05, 0.1) is 5.02 Å². The highest BCUT2D eigenvalue weighted by Crippen LogP contribution is 2.53. The van der Waals surface area contributed by atoms with Crippen LogP contribution in [0.15, 0.2) is 54.6 Å². The molecule has 5 nitrogen and oxygen atoms in total. The van der Waals surface area contributed by atoms with Crippen LogP contribution in [0.25, 0.3) is 0 Å². The summed E-state index contributed by atoms with van der Waals surface area (Å²) in [6.45, 7) is 0. The van der Waals surface area contributed by atoms with Crippen LogP contribution in [0, 0.1) is 0 Å². The predicted octanol–water partition coefficient (Wildman–Crippen LogP) is 5.89. The highest BCUT2D eigenvalue weighted by molar-refractivity contribution is 7.87. The topological polar surface area (TPSA) is 94.8 Å². The standard InChI is InChI=1S/C19H12Cl4O5S/c20-11-3-1-2-10(8-11)19(29(26,27)28,13-5-4-12(21)9-16(13)25)17-14(22)6-7-15(24)18(17)23/h1-9,24-25H,(H,26,27,28). The lowest BCUT2D eigenvalue weighted by Crippen LogP contribution is -2.39. The van der Waals surface area contributed by atoms with Gasteiger partial charge in [0.2, 0.25) is 0 Å². The van der Waals surface area contributed by atoms with Gasteiger partial charge in [0.15, 0.2) is 4.75 Å². The summed E-state index contributed by atoms with van der Waals surface area (Å²) < 4.78 is 33.9. The second-order valence-corrected chi connectivity index (χ2v) is 9.30. The molecule has 3 N–H and O–H groups in total. The van der Waals surface area contributed by atoms with Crippen LogP contribution in [0.3, 0.4) is 0 Å². The molecule has 0 saturated heterocycles. The molecule has 0 heterocycles. The Hall–Kier alpha value is -1.67. The third-order valence-electron chi connectivity index (χ3n) is 4.38. The Bertz CT molecular complexity index is 1210. The minimum absolute atomic E-state index is 0.0699. The SMILES string of the molecule is O=S(=O)(O)C(c1cccc(Cl)c1)(c1ccc(Cl)cc1O)c1c(Cl)ccc(O)c1Cl. The molecule has 0 saturated carbocycles. The molecule has 1 atom stereocenters. The van der Waals surface area contributed by atoms with E-state index in [1.54, 1.807) is 0 Å². The van der Waals surface area contributed by atoms with Crippen LogP contribution in [0.2, 0.25) is 20.1 Å². The maximum atomic E-state index is 13.0. The monoisotopic (exact) mass is 492 g/mol. The molecule has 0 aliphatic heterocycles. The van der Waals surface area contributed by atoms with E-state index < -0.39 is 31.4 Å². The highest BCUT2D eigenvalue weighted by atomic mass is 35.5. The Balaban J connectivity index is 2.65. The fraction of sp³-hybridized carbons (Fsp3) is 0.0526. The molecular weight excluding hydrogens is 482 g/mol. The van der Waals surface area contributed by atoms with E-state index >= 15 is 0 Å². The molecule has 3 aromatic carbocycles. The van der Waals surface area contributed by atoms with Gasteiger partial charge in [0.25, 0.3) is 10.1 Å². The first-order chi connectivity index (χ1) is 13.5. The zero-order valence-corrected chi connectivity index (χ0v) is 18.1. The number of aromatic hydroxyl groups is 2. The lowest BCUT2D eigenvalue weighted by Gasteiger charge is -2.34. The first-order valence-corrected chi connectivity index (χ1v) is 10.8. The van der Waals surface area contributed by atoms with Gasteiger partial charge in [-0.1, -0.05) is 64.6 Å². The van der Waals surface area contributed by atoms with Gasteiger partial charge in [0.1, 0.15) is 11.5 Å². The number of rotatable bonds is 4. The van der Waals surface area contributed by atoms with Crippen molar-refractivity contribution in [3.05, 3.63) is 91.4 Å². The molecule has 1 unspecified atom stereocenters. The van der Waals surface area contributed by atoms with Crippen molar-refractivity contribution in [1.82, 2.24) is 0 Å². The average Bonchev–Trinajstić information content (AvgIpc) is 2.62. The third kappa shape index (κ3) is 3.65. The minimum Gasteiger partial charge on any atom is -0.508 e. The van der Waals surface area contributed by atoms with Gasteiger partial charge in [-0.3, -0.25) is 4.55 Å². The number of phenols is 2. The number of phenolic OH excluding ortho intramolecular Hbond substituents is 2. The first-order valence-electron chi connectivity index (χ1n) is 7.89. The number of hydrogen-bond donors (Lipinski definition) is 3. The van der Waals surface area contributed by atoms with Crippen molar-refractivity contribution in [2.45, 2.75) is 4.75 Å². The van der Waals surface area contributed by atoms with Gasteiger partial charge in [0, 0.05) is 26.2 Å². The van der Waals surface area contributed by atoms with E-state index in [1.807, 2.05) is 0 Å². The zero-order valence-electron chi connectivity index (χ0n) is 14.3. The van der Waals surface area contributed by atoms with Crippen LogP contribution >= 0.6 is 46.4 Å². The molecule has 0 fully saturated rings. The van der Waals surface area contributed by atoms with Gasteiger partial charge in [-0.05, 0) is 42.0 Å². The third-order valence-corrected chi connectivity index (χ3v) is 6.98. The van der Waals surface area contributed by atoms with Crippen LogP contribution in [-0.2, 0) is 14.9 Å². The second kappa shape index (κ2) is 7.87. The Morgan fingerprint density at radius 3 is 2.03 bits per heavy atom. The molecule has 3 rings (SSSR count). The molecule has 0 aliphatic rings. The van der Waals surface area contributed by atoms with Crippen molar-refractivity contribution in [3.8, 4) is 11.5 Å². The minimum atomic E-state index is -5.14. The molecule has 152 valence electrons. The summed E-state index contributed by atoms with van der Waals surface area (Å²) in [5.41, 5.74) is -0.719. The summed E-state index contributed by atoms with van der Waals surface area (Å²) in [6.07, 6.45) is 0. The van der Waals surface area contributed by atoms with Crippen molar-refractivity contribution >= 4 is 56.5 Å². The van der Waals surface area contributed by atoms with Crippen molar-refractivity contribution in [1.29, 1.82) is 0 Å². The molecule has 0 radical (unpaired) electrons. The van der Waals surface area contributed by atoms with Gasteiger partial charge >= 0.3 is 0 Å². The van der Waals surface area contributed by atoms with E-state index in [-0.39, 0.29) is 31.8 Å². The van der Waals surface area contributed by atoms with E-state index in [0.29, 0.717) is 0 Å². The Morgan fingerprint density at radius 1 is 0.793 bits per heavy atom. The highest BCUT2D eigenvalue weighted by Gasteiger charge is 2.52. The van der Waals surface area contributed by atoms with Gasteiger partial charge in [-0.15, -0.1) is 0 Å². The maximum absolute atomic E-state index is 13.0. The van der Waals surface area contributed by atoms with E-state index in [4.69, 9.17) is 46.4 Å². The van der Waals surface area contributed by atoms with E-state index in [2.05, 4.69) is 0 Å². The largest absolute Gasteiger partial charge is 0.508 e. The Morgan fingerprint density at radius 2 is 1.45 bits per heavy atom. The van der Waals surface area contributed by atoms with E-state index in [1.165, 1.54) is 48.5 Å². The van der Waals surface area contributed by atoms with E-state index in [0.717, 1.165) is 6.07 Å². The number of halogens is 4. The Labute approximate surface area is 186 Å². The molecule has 29 heavy (non-hydrogen) atoms. The number of benzene rings is 3. The van der Waals surface area contributed by atoms with Crippen LogP contribution < -0.4 is 0 Å². The molecule has 0 bridgehead atoms. The van der Waals surface area contributed by atoms with Crippen molar-refractivity contribution in [3.63, 3.8) is 0 Å². The molecule has 10 heteroatoms. The van der Waals surface area contributed by atoms with E-state index in [9.17, 15) is 23.2 Å². The van der Waals surface area contributed by atoms with Crippen molar-refractivity contribution in [2.75, 3.05) is 0 Å². The Kier molecular flexibility index (Phi) is 5.98. The summed E-state index contributed by atoms with van der Waals surface area (Å²) >= 11 is 24.5. The van der Waals surface area contributed by atoms with Gasteiger partial charge in [-0.2, -0.15) is 8.42 Å². The fourth-order valence-corrected chi connectivity index (χ4v) is 5.69. The summed E-state index contributed by atoms with van der Waals surface area (Å²) in [5, 5.41) is 20.4. The second-order valence-electron chi connectivity index (χ2n) is 6.08. The summed E-state index contributed by atoms with van der Waals surface area (Å²) in [5.74, 6) is -1.03. The normalized spacial score (nSPS) is 13.8. The average molecular weight is 494 g/mol. The van der Waals surface area contributed by atoms with Crippen LogP contribution in [0.1, 0.15) is 16.7 Å². The maximum Gasteiger partial charge on any atom is 0.283 e. The van der Waals surface area contributed by atoms with Gasteiger partial charge < -0.3 is 10.2 Å². The summed E-state index contributed by atoms with van der Waals surface area (Å²) in [6, 6.07) is 11.6. The van der Waals surface area contributed by atoms with Crippen molar-refractivity contribution in [2.24, 2.45) is 0 Å². The van der Waals surface area contributed by atoms with Crippen LogP contribution in [0.5, 0.6) is 11.5 Å². The van der Waals surface area contributed by atoms with Crippen molar-refractivity contribution < 1.29 is 23.2 Å². The van der Waals surface area contributed by atoms with Crippen LogP contribution in [-0.4, -0.2) is 23.2 Å². The molecule has 0 aliphatic carbocycles. The fourth-order valence-electron chi connectivity index (χ4n) is 3.23. The molecular formula is C19H12Cl4O5S. The quantitative estimate of drug-likeness (QED) is 0.311. The first kappa shape index (κ1) is 22.0. The van der Waals surface area contributed by atoms with Crippen LogP contribution in [0.4, 0.5) is 0 Å². The predicted molar refractivity (Wildman–Crippen MR) is 114 cm³/mol.